The summed E-state index contributed by atoms with van der Waals surface area (Å²) in [4.78, 5) is 4.56. The number of aromatic amines is 1. The lowest BCUT2D eigenvalue weighted by atomic mass is 10.2. The first kappa shape index (κ1) is 22.7. The third-order valence-corrected chi connectivity index (χ3v) is 7.00. The van der Waals surface area contributed by atoms with Crippen LogP contribution < -0.4 is 4.74 Å². The average Bonchev–Trinajstić information content (AvgIpc) is 3.33. The van der Waals surface area contributed by atoms with E-state index in [9.17, 15) is 12.8 Å². The third kappa shape index (κ3) is 4.38. The number of benzene rings is 2. The van der Waals surface area contributed by atoms with Crippen LogP contribution in [0.2, 0.25) is 0 Å². The first-order valence-electron chi connectivity index (χ1n) is 10.3. The molecule has 0 bridgehead atoms. The van der Waals surface area contributed by atoms with Gasteiger partial charge in [0.15, 0.2) is 0 Å². The highest BCUT2D eigenvalue weighted by Crippen LogP contribution is 2.36. The maximum atomic E-state index is 14.2. The summed E-state index contributed by atoms with van der Waals surface area (Å²) < 4.78 is 57.7. The van der Waals surface area contributed by atoms with Gasteiger partial charge < -0.3 is 19.2 Å². The maximum absolute atomic E-state index is 14.2. The quantitative estimate of drug-likeness (QED) is 0.403. The molecule has 172 valence electrons. The summed E-state index contributed by atoms with van der Waals surface area (Å²) in [5.41, 5.74) is 0.190. The molecule has 9 heteroatoms. The molecular weight excluding hydrogens is 435 g/mol. The number of hydrogen-bond donors (Lipinski definition) is 1. The van der Waals surface area contributed by atoms with Gasteiger partial charge in [0, 0.05) is 18.1 Å². The van der Waals surface area contributed by atoms with E-state index in [0.29, 0.717) is 36.4 Å². The van der Waals surface area contributed by atoms with E-state index < -0.39 is 21.6 Å². The van der Waals surface area contributed by atoms with Crippen LogP contribution >= 0.6 is 0 Å². The molecular formula is C23H27FN2O5S. The van der Waals surface area contributed by atoms with Crippen LogP contribution in [0.1, 0.15) is 20.8 Å². The minimum Gasteiger partial charge on any atom is -0.490 e. The van der Waals surface area contributed by atoms with E-state index in [-0.39, 0.29) is 15.4 Å². The Balaban J connectivity index is 1.51. The molecule has 7 nitrogen and oxygen atoms in total. The van der Waals surface area contributed by atoms with Gasteiger partial charge in [-0.2, -0.15) is 0 Å². The number of likely N-dealkylation sites (N-methyl/N-ethyl adjacent to an activating group) is 1. The molecule has 1 unspecified atom stereocenters. The Bertz CT molecular complexity index is 1230. The minimum atomic E-state index is -4.04. The molecule has 1 N–H and O–H groups in total. The Kier molecular flexibility index (Phi) is 5.79. The number of fused-ring (bicyclic) bond motifs is 1. The molecule has 2 aromatic carbocycles. The number of sulfone groups is 1. The van der Waals surface area contributed by atoms with Crippen molar-refractivity contribution in [2.24, 2.45) is 0 Å². The molecule has 0 spiro atoms. The highest BCUT2D eigenvalue weighted by molar-refractivity contribution is 7.91. The number of nitrogens with zero attached hydrogens (tertiary/aromatic N) is 1. The van der Waals surface area contributed by atoms with Gasteiger partial charge in [0.2, 0.25) is 9.84 Å². The van der Waals surface area contributed by atoms with Crippen molar-refractivity contribution in [2.75, 3.05) is 26.8 Å². The summed E-state index contributed by atoms with van der Waals surface area (Å²) >= 11 is 0. The second-order valence-electron chi connectivity index (χ2n) is 8.75. The Morgan fingerprint density at radius 3 is 2.53 bits per heavy atom. The van der Waals surface area contributed by atoms with Crippen LogP contribution in [-0.2, 0) is 19.3 Å². The van der Waals surface area contributed by atoms with Crippen LogP contribution in [0.25, 0.3) is 10.9 Å². The van der Waals surface area contributed by atoms with Gasteiger partial charge in [-0.05, 0) is 46.0 Å². The summed E-state index contributed by atoms with van der Waals surface area (Å²) in [5.74, 6) is -1.01. The molecule has 1 aliphatic heterocycles. The van der Waals surface area contributed by atoms with Crippen molar-refractivity contribution in [1.82, 2.24) is 9.88 Å². The number of para-hydroxylation sites is 1. The Labute approximate surface area is 187 Å². The zero-order valence-corrected chi connectivity index (χ0v) is 19.3. The molecule has 32 heavy (non-hydrogen) atoms. The lowest BCUT2D eigenvalue weighted by Gasteiger charge is -2.31. The van der Waals surface area contributed by atoms with Gasteiger partial charge in [-0.3, -0.25) is 4.90 Å². The number of H-pyrrole nitrogens is 1. The number of rotatable bonds is 8. The van der Waals surface area contributed by atoms with Crippen molar-refractivity contribution in [1.29, 1.82) is 0 Å². The fourth-order valence-electron chi connectivity index (χ4n) is 3.58. The summed E-state index contributed by atoms with van der Waals surface area (Å²) in [5, 5.41) is 0.442. The molecule has 3 aromatic rings. The average molecular weight is 463 g/mol. The zero-order chi connectivity index (χ0) is 23.1. The van der Waals surface area contributed by atoms with Crippen molar-refractivity contribution in [3.63, 3.8) is 0 Å². The fraction of sp³-hybridized carbons (Fsp3) is 0.391. The van der Waals surface area contributed by atoms with Crippen LogP contribution in [0.3, 0.4) is 0 Å². The van der Waals surface area contributed by atoms with Gasteiger partial charge in [0.05, 0.1) is 16.0 Å². The molecule has 1 aromatic heterocycles. The standard InChI is InChI=1S/C23H27FN2O5S/c1-22(2,3)31-23(15-30-23)26(4)12-13-29-18-10-7-8-16-20(14-25-21(16)18)32(27,28)19-11-6-5-9-17(19)24/h5-11,14,25H,12-13,15H2,1-4H3. The van der Waals surface area contributed by atoms with Crippen LogP contribution in [0.4, 0.5) is 4.39 Å². The Hall–Kier alpha value is -2.46. The first-order chi connectivity index (χ1) is 15.0. The molecule has 0 saturated carbocycles. The molecule has 1 fully saturated rings. The third-order valence-electron chi connectivity index (χ3n) is 5.18. The van der Waals surface area contributed by atoms with E-state index in [1.807, 2.05) is 32.7 Å². The number of hydrogen-bond acceptors (Lipinski definition) is 6. The highest BCUT2D eigenvalue weighted by atomic mass is 32.2. The van der Waals surface area contributed by atoms with E-state index in [0.717, 1.165) is 6.07 Å². The minimum absolute atomic E-state index is 0.00378. The summed E-state index contributed by atoms with van der Waals surface area (Å²) in [6.45, 7) is 7.28. The van der Waals surface area contributed by atoms with Gasteiger partial charge in [0.1, 0.15) is 29.7 Å². The van der Waals surface area contributed by atoms with Crippen LogP contribution in [0.5, 0.6) is 5.75 Å². The molecule has 4 rings (SSSR count). The SMILES string of the molecule is CN(CCOc1cccc2c(S(=O)(=O)c3ccccc3F)c[nH]c12)C1(OC(C)(C)C)CO1. The van der Waals surface area contributed by atoms with Gasteiger partial charge in [-0.15, -0.1) is 0 Å². The Morgan fingerprint density at radius 2 is 1.88 bits per heavy atom. The largest absolute Gasteiger partial charge is 0.490 e. The smallest absolute Gasteiger partial charge is 0.255 e. The van der Waals surface area contributed by atoms with Crippen molar-refractivity contribution in [3.05, 3.63) is 54.5 Å². The zero-order valence-electron chi connectivity index (χ0n) is 18.5. The lowest BCUT2D eigenvalue weighted by molar-refractivity contribution is -0.199. The van der Waals surface area contributed by atoms with E-state index in [2.05, 4.69) is 4.98 Å². The van der Waals surface area contributed by atoms with Crippen LogP contribution in [0.15, 0.2) is 58.5 Å². The van der Waals surface area contributed by atoms with Crippen LogP contribution in [0, 0.1) is 5.82 Å². The summed E-state index contributed by atoms with van der Waals surface area (Å²) in [6, 6.07) is 10.5. The van der Waals surface area contributed by atoms with Crippen molar-refractivity contribution >= 4 is 20.7 Å². The molecule has 0 amide bonds. The molecule has 1 aliphatic rings. The predicted molar refractivity (Wildman–Crippen MR) is 118 cm³/mol. The lowest BCUT2D eigenvalue weighted by Crippen LogP contribution is -2.44. The summed E-state index contributed by atoms with van der Waals surface area (Å²) in [7, 11) is -2.14. The van der Waals surface area contributed by atoms with E-state index in [1.54, 1.807) is 18.2 Å². The first-order valence-corrected chi connectivity index (χ1v) is 11.8. The van der Waals surface area contributed by atoms with E-state index in [1.165, 1.54) is 24.4 Å². The normalized spacial score (nSPS) is 18.9. The van der Waals surface area contributed by atoms with E-state index in [4.69, 9.17) is 14.2 Å². The maximum Gasteiger partial charge on any atom is 0.255 e. The molecule has 0 radical (unpaired) electrons. The number of ether oxygens (including phenoxy) is 3. The molecule has 0 aliphatic carbocycles. The number of aromatic nitrogens is 1. The fourth-order valence-corrected chi connectivity index (χ4v) is 5.08. The molecule has 1 saturated heterocycles. The van der Waals surface area contributed by atoms with Crippen molar-refractivity contribution < 1.29 is 27.0 Å². The molecule has 1 atom stereocenters. The number of epoxide rings is 1. The van der Waals surface area contributed by atoms with Crippen molar-refractivity contribution in [3.8, 4) is 5.75 Å². The second kappa shape index (κ2) is 8.15. The monoisotopic (exact) mass is 462 g/mol. The van der Waals surface area contributed by atoms with Gasteiger partial charge >= 0.3 is 0 Å². The second-order valence-corrected chi connectivity index (χ2v) is 10.6. The van der Waals surface area contributed by atoms with Gasteiger partial charge in [-0.25, -0.2) is 12.8 Å². The topological polar surface area (TPSA) is 84.2 Å². The molecule has 2 heterocycles. The van der Waals surface area contributed by atoms with Crippen molar-refractivity contribution in [2.45, 2.75) is 42.1 Å². The Morgan fingerprint density at radius 1 is 1.16 bits per heavy atom. The van der Waals surface area contributed by atoms with E-state index >= 15 is 0 Å². The van der Waals surface area contributed by atoms with Gasteiger partial charge in [0.25, 0.3) is 5.91 Å². The number of halogens is 1. The van der Waals surface area contributed by atoms with Crippen LogP contribution in [-0.4, -0.2) is 56.6 Å². The number of nitrogens with one attached hydrogen (secondary N) is 1. The predicted octanol–water partition coefficient (Wildman–Crippen LogP) is 3.95. The van der Waals surface area contributed by atoms with Gasteiger partial charge in [-0.1, -0.05) is 24.3 Å². The summed E-state index contributed by atoms with van der Waals surface area (Å²) in [6.07, 6.45) is 1.37. The highest BCUT2D eigenvalue weighted by Gasteiger charge is 2.52.